The number of carbonyl (C=O) groups excluding carboxylic acids is 2. The van der Waals surface area contributed by atoms with Crippen molar-refractivity contribution < 1.29 is 14.7 Å². The van der Waals surface area contributed by atoms with Crippen LogP contribution < -0.4 is 11.1 Å². The molecule has 0 spiro atoms. The third-order valence-corrected chi connectivity index (χ3v) is 3.26. The molecule has 0 aliphatic carbocycles. The molecule has 0 aromatic rings. The summed E-state index contributed by atoms with van der Waals surface area (Å²) in [5.41, 5.74) is 4.99. The van der Waals surface area contributed by atoms with Gasteiger partial charge in [0.25, 0.3) is 0 Å². The number of nitrogens with one attached hydrogen (secondary N) is 1. The second-order valence-electron chi connectivity index (χ2n) is 4.84. The Morgan fingerprint density at radius 1 is 1.59 bits per heavy atom. The molecule has 1 rings (SSSR count). The van der Waals surface area contributed by atoms with E-state index in [4.69, 9.17) is 10.8 Å². The van der Waals surface area contributed by atoms with E-state index in [-0.39, 0.29) is 11.4 Å². The van der Waals surface area contributed by atoms with E-state index in [2.05, 4.69) is 5.32 Å². The van der Waals surface area contributed by atoms with E-state index in [1.165, 1.54) is 11.8 Å². The highest BCUT2D eigenvalue weighted by molar-refractivity contribution is 5.85. The van der Waals surface area contributed by atoms with Crippen molar-refractivity contribution in [1.82, 2.24) is 10.2 Å². The van der Waals surface area contributed by atoms with Crippen LogP contribution in [0.15, 0.2) is 0 Å². The van der Waals surface area contributed by atoms with Crippen LogP contribution in [0.1, 0.15) is 26.7 Å². The number of primary amides is 1. The number of hydrogen-bond acceptors (Lipinski definition) is 4. The molecule has 4 N–H and O–H groups in total. The molecule has 98 valence electrons. The van der Waals surface area contributed by atoms with Gasteiger partial charge in [0, 0.05) is 19.0 Å². The Kier molecular flexibility index (Phi) is 4.47. The minimum atomic E-state index is -0.938. The van der Waals surface area contributed by atoms with Gasteiger partial charge in [-0.05, 0) is 26.3 Å². The van der Waals surface area contributed by atoms with Gasteiger partial charge in [-0.2, -0.15) is 0 Å². The fourth-order valence-electron chi connectivity index (χ4n) is 2.25. The molecule has 0 bridgehead atoms. The zero-order valence-electron chi connectivity index (χ0n) is 10.4. The van der Waals surface area contributed by atoms with Crippen LogP contribution in [-0.2, 0) is 9.59 Å². The number of aliphatic hydroxyl groups is 1. The highest BCUT2D eigenvalue weighted by atomic mass is 16.3. The molecule has 1 aliphatic rings. The van der Waals surface area contributed by atoms with Gasteiger partial charge in [-0.25, -0.2) is 0 Å². The van der Waals surface area contributed by atoms with Crippen molar-refractivity contribution in [3.63, 3.8) is 0 Å². The van der Waals surface area contributed by atoms with Crippen molar-refractivity contribution in [2.75, 3.05) is 19.7 Å². The fourth-order valence-corrected chi connectivity index (χ4v) is 2.25. The van der Waals surface area contributed by atoms with Gasteiger partial charge in [0.1, 0.15) is 6.04 Å². The molecular formula is C11H21N3O3. The topological polar surface area (TPSA) is 95.7 Å². The highest BCUT2D eigenvalue weighted by Crippen LogP contribution is 2.20. The summed E-state index contributed by atoms with van der Waals surface area (Å²) in [5, 5.41) is 12.5. The summed E-state index contributed by atoms with van der Waals surface area (Å²) in [6.45, 7) is 4.24. The Hall–Kier alpha value is -1.14. The van der Waals surface area contributed by atoms with Crippen molar-refractivity contribution in [3.05, 3.63) is 0 Å². The molecule has 1 saturated heterocycles. The van der Waals surface area contributed by atoms with Crippen LogP contribution in [0.4, 0.5) is 0 Å². The molecule has 0 aromatic carbocycles. The molecule has 0 saturated carbocycles. The molecule has 6 nitrogen and oxygen atoms in total. The summed E-state index contributed by atoms with van der Waals surface area (Å²) in [5.74, 6) is -0.929. The highest BCUT2D eigenvalue weighted by Gasteiger charge is 2.35. The molecule has 0 aromatic heterocycles. The predicted octanol–water partition coefficient (Wildman–Crippen LogP) is -1.18. The first-order valence-corrected chi connectivity index (χ1v) is 5.82. The molecular weight excluding hydrogens is 222 g/mol. The van der Waals surface area contributed by atoms with Gasteiger partial charge in [-0.3, -0.25) is 9.59 Å². The predicted molar refractivity (Wildman–Crippen MR) is 63.1 cm³/mol. The molecule has 6 heteroatoms. The number of hydrogen-bond donors (Lipinski definition) is 3. The van der Waals surface area contributed by atoms with Crippen LogP contribution in [0.5, 0.6) is 0 Å². The lowest BCUT2D eigenvalue weighted by molar-refractivity contribution is -0.140. The third kappa shape index (κ3) is 3.41. The SMILES string of the molecule is CC(=O)N(CC1(C)CCCN1)C(CO)C(N)=O. The summed E-state index contributed by atoms with van der Waals surface area (Å²) < 4.78 is 0. The van der Waals surface area contributed by atoms with Crippen molar-refractivity contribution in [2.24, 2.45) is 5.73 Å². The smallest absolute Gasteiger partial charge is 0.242 e. The molecule has 1 aliphatic heterocycles. The molecule has 2 amide bonds. The maximum Gasteiger partial charge on any atom is 0.242 e. The zero-order valence-corrected chi connectivity index (χ0v) is 10.4. The van der Waals surface area contributed by atoms with Crippen molar-refractivity contribution in [1.29, 1.82) is 0 Å². The summed E-state index contributed by atoms with van der Waals surface area (Å²) >= 11 is 0. The standard InChI is InChI=1S/C11H21N3O3/c1-8(16)14(9(6-15)10(12)17)7-11(2)4-3-5-13-11/h9,13,15H,3-7H2,1-2H3,(H2,12,17). The molecule has 2 atom stereocenters. The van der Waals surface area contributed by atoms with E-state index in [1.54, 1.807) is 0 Å². The van der Waals surface area contributed by atoms with Crippen LogP contribution in [-0.4, -0.2) is 53.1 Å². The van der Waals surface area contributed by atoms with Gasteiger partial charge in [0.05, 0.1) is 6.61 Å². The van der Waals surface area contributed by atoms with Crippen molar-refractivity contribution >= 4 is 11.8 Å². The van der Waals surface area contributed by atoms with Crippen LogP contribution in [0.3, 0.4) is 0 Å². The summed E-state index contributed by atoms with van der Waals surface area (Å²) in [6.07, 6.45) is 1.98. The normalized spacial score (nSPS) is 25.6. The lowest BCUT2D eigenvalue weighted by Crippen LogP contribution is -2.56. The van der Waals surface area contributed by atoms with Crippen LogP contribution >= 0.6 is 0 Å². The largest absolute Gasteiger partial charge is 0.394 e. The maximum absolute atomic E-state index is 11.6. The zero-order chi connectivity index (χ0) is 13.1. The number of amides is 2. The Labute approximate surface area is 101 Å². The number of nitrogens with two attached hydrogens (primary N) is 1. The minimum absolute atomic E-state index is 0.200. The quantitative estimate of drug-likeness (QED) is 0.566. The second-order valence-corrected chi connectivity index (χ2v) is 4.84. The first-order chi connectivity index (χ1) is 7.89. The Morgan fingerprint density at radius 3 is 2.59 bits per heavy atom. The molecule has 1 heterocycles. The lowest BCUT2D eigenvalue weighted by atomic mass is 9.98. The lowest BCUT2D eigenvalue weighted by Gasteiger charge is -2.35. The number of carbonyl (C=O) groups is 2. The molecule has 2 unspecified atom stereocenters. The Balaban J connectivity index is 2.78. The summed E-state index contributed by atoms with van der Waals surface area (Å²) in [4.78, 5) is 24.1. The summed E-state index contributed by atoms with van der Waals surface area (Å²) in [7, 11) is 0. The molecule has 1 fully saturated rings. The van der Waals surface area contributed by atoms with Gasteiger partial charge in [-0.1, -0.05) is 0 Å². The number of nitrogens with zero attached hydrogens (tertiary/aromatic N) is 1. The fraction of sp³-hybridized carbons (Fsp3) is 0.818. The number of aliphatic hydroxyl groups excluding tert-OH is 1. The van der Waals surface area contributed by atoms with E-state index in [0.717, 1.165) is 19.4 Å². The molecule has 17 heavy (non-hydrogen) atoms. The average molecular weight is 243 g/mol. The Bertz CT molecular complexity index is 300. The van der Waals surface area contributed by atoms with Gasteiger partial charge in [0.15, 0.2) is 0 Å². The van der Waals surface area contributed by atoms with E-state index < -0.39 is 18.6 Å². The van der Waals surface area contributed by atoms with E-state index in [0.29, 0.717) is 6.54 Å². The van der Waals surface area contributed by atoms with E-state index in [9.17, 15) is 9.59 Å². The molecule has 0 radical (unpaired) electrons. The number of rotatable bonds is 5. The van der Waals surface area contributed by atoms with E-state index in [1.807, 2.05) is 6.92 Å². The van der Waals surface area contributed by atoms with Crippen molar-refractivity contribution in [3.8, 4) is 0 Å². The van der Waals surface area contributed by atoms with Gasteiger partial charge in [-0.15, -0.1) is 0 Å². The van der Waals surface area contributed by atoms with Crippen LogP contribution in [0.2, 0.25) is 0 Å². The van der Waals surface area contributed by atoms with Crippen molar-refractivity contribution in [2.45, 2.75) is 38.3 Å². The average Bonchev–Trinajstić information content (AvgIpc) is 2.64. The van der Waals surface area contributed by atoms with Crippen LogP contribution in [0.25, 0.3) is 0 Å². The monoisotopic (exact) mass is 243 g/mol. The third-order valence-electron chi connectivity index (χ3n) is 3.26. The minimum Gasteiger partial charge on any atom is -0.394 e. The maximum atomic E-state index is 11.6. The first-order valence-electron chi connectivity index (χ1n) is 5.82. The second kappa shape index (κ2) is 5.46. The van der Waals surface area contributed by atoms with E-state index >= 15 is 0 Å². The van der Waals surface area contributed by atoms with Gasteiger partial charge < -0.3 is 21.1 Å². The van der Waals surface area contributed by atoms with Gasteiger partial charge >= 0.3 is 0 Å². The summed E-state index contributed by atoms with van der Waals surface area (Å²) in [6, 6.07) is -0.938. The van der Waals surface area contributed by atoms with Gasteiger partial charge in [0.2, 0.25) is 11.8 Å². The van der Waals surface area contributed by atoms with Crippen LogP contribution in [0, 0.1) is 0 Å². The Morgan fingerprint density at radius 2 is 2.24 bits per heavy atom. The first kappa shape index (κ1) is 13.9.